The third-order valence-corrected chi connectivity index (χ3v) is 5.50. The van der Waals surface area contributed by atoms with Crippen LogP contribution in [0.2, 0.25) is 5.02 Å². The maximum atomic E-state index is 13.7. The van der Waals surface area contributed by atoms with E-state index < -0.39 is 50.0 Å². The molecule has 0 radical (unpaired) electrons. The third-order valence-electron chi connectivity index (χ3n) is 3.27. The average molecular weight is 374 g/mol. The van der Waals surface area contributed by atoms with E-state index in [0.717, 1.165) is 10.4 Å². The lowest BCUT2D eigenvalue weighted by Crippen LogP contribution is -2.31. The Labute approximate surface area is 134 Å². The molecule has 1 heterocycles. The number of carbonyl (C=O) groups is 1. The Morgan fingerprint density at radius 3 is 2.65 bits per heavy atom. The molecular formula is C12H11ClF3NO5S. The topological polar surface area (TPSA) is 83.9 Å². The average Bonchev–Trinajstić information content (AvgIpc) is 2.89. The summed E-state index contributed by atoms with van der Waals surface area (Å²) in [6.45, 7) is -3.47. The number of benzene rings is 1. The first-order chi connectivity index (χ1) is 10.6. The molecule has 0 aliphatic carbocycles. The van der Waals surface area contributed by atoms with Gasteiger partial charge in [-0.2, -0.15) is 13.1 Å². The lowest BCUT2D eigenvalue weighted by molar-refractivity contribution is -0.157. The summed E-state index contributed by atoms with van der Waals surface area (Å²) in [7, 11) is -4.26. The third kappa shape index (κ3) is 3.77. The maximum absolute atomic E-state index is 13.7. The van der Waals surface area contributed by atoms with Gasteiger partial charge in [-0.3, -0.25) is 0 Å². The molecule has 1 N–H and O–H groups in total. The van der Waals surface area contributed by atoms with Crippen molar-refractivity contribution in [2.45, 2.75) is 24.0 Å². The van der Waals surface area contributed by atoms with Crippen molar-refractivity contribution >= 4 is 27.6 Å². The monoisotopic (exact) mass is 373 g/mol. The molecule has 1 saturated heterocycles. The fourth-order valence-electron chi connectivity index (χ4n) is 2.19. The van der Waals surface area contributed by atoms with Gasteiger partial charge in [-0.15, -0.1) is 0 Å². The molecule has 128 valence electrons. The summed E-state index contributed by atoms with van der Waals surface area (Å²) in [5.41, 5.74) is -0.704. The predicted octanol–water partition coefficient (Wildman–Crippen LogP) is 2.18. The number of ether oxygens (including phenoxy) is 1. The summed E-state index contributed by atoms with van der Waals surface area (Å²) in [6.07, 6.45) is -0.938. The van der Waals surface area contributed by atoms with Gasteiger partial charge >= 0.3 is 12.6 Å². The first-order valence-corrected chi connectivity index (χ1v) is 8.11. The van der Waals surface area contributed by atoms with Crippen LogP contribution in [0.15, 0.2) is 17.0 Å². The summed E-state index contributed by atoms with van der Waals surface area (Å²) >= 11 is 5.48. The Morgan fingerprint density at radius 2 is 2.09 bits per heavy atom. The number of carboxylic acids is 1. The molecule has 2 rings (SSSR count). The van der Waals surface area contributed by atoms with Gasteiger partial charge in [-0.1, -0.05) is 11.6 Å². The van der Waals surface area contributed by atoms with E-state index in [0.29, 0.717) is 6.07 Å². The molecule has 1 aromatic rings. The summed E-state index contributed by atoms with van der Waals surface area (Å²) in [5.74, 6) is -2.80. The SMILES string of the molecule is O=C(O)c1cc(S(=O)(=O)N2CC[C@H](OC(F)F)C2)cc(F)c1Cl. The number of rotatable bonds is 5. The zero-order valence-electron chi connectivity index (χ0n) is 11.4. The van der Waals surface area contributed by atoms with E-state index in [9.17, 15) is 26.4 Å². The number of hydrogen-bond donors (Lipinski definition) is 1. The number of halogens is 4. The van der Waals surface area contributed by atoms with E-state index in [1.807, 2.05) is 0 Å². The minimum Gasteiger partial charge on any atom is -0.478 e. The maximum Gasteiger partial charge on any atom is 0.345 e. The van der Waals surface area contributed by atoms with Crippen LogP contribution in [0.1, 0.15) is 16.8 Å². The second-order valence-corrected chi connectivity index (χ2v) is 7.06. The van der Waals surface area contributed by atoms with Crippen LogP contribution in [-0.4, -0.2) is 49.6 Å². The number of carboxylic acid groups (broad SMARTS) is 1. The van der Waals surface area contributed by atoms with Crippen molar-refractivity contribution < 1.29 is 36.2 Å². The molecule has 6 nitrogen and oxygen atoms in total. The minimum atomic E-state index is -4.26. The van der Waals surface area contributed by atoms with E-state index in [-0.39, 0.29) is 19.5 Å². The molecule has 1 fully saturated rings. The summed E-state index contributed by atoms with van der Waals surface area (Å²) in [5, 5.41) is 8.21. The second kappa shape index (κ2) is 6.63. The highest BCUT2D eigenvalue weighted by atomic mass is 35.5. The highest BCUT2D eigenvalue weighted by molar-refractivity contribution is 7.89. The summed E-state index contributed by atoms with van der Waals surface area (Å²) in [6, 6.07) is 1.32. The molecule has 11 heteroatoms. The lowest BCUT2D eigenvalue weighted by Gasteiger charge is -2.17. The minimum absolute atomic E-state index is 0.0471. The Hall–Kier alpha value is -1.36. The molecule has 23 heavy (non-hydrogen) atoms. The van der Waals surface area contributed by atoms with Crippen molar-refractivity contribution in [3.05, 3.63) is 28.5 Å². The molecule has 1 atom stereocenters. The van der Waals surface area contributed by atoms with Crippen LogP contribution in [0, 0.1) is 5.82 Å². The Balaban J connectivity index is 2.32. The van der Waals surface area contributed by atoms with Crippen molar-refractivity contribution in [2.24, 2.45) is 0 Å². The molecule has 1 aliphatic rings. The predicted molar refractivity (Wildman–Crippen MR) is 72.6 cm³/mol. The molecular weight excluding hydrogens is 363 g/mol. The van der Waals surface area contributed by atoms with Gasteiger partial charge in [-0.25, -0.2) is 17.6 Å². The Bertz CT molecular complexity index is 728. The lowest BCUT2D eigenvalue weighted by atomic mass is 10.2. The fraction of sp³-hybridized carbons (Fsp3) is 0.417. The van der Waals surface area contributed by atoms with E-state index in [4.69, 9.17) is 16.7 Å². The summed E-state index contributed by atoms with van der Waals surface area (Å²) in [4.78, 5) is 10.4. The van der Waals surface area contributed by atoms with Crippen LogP contribution in [0.4, 0.5) is 13.2 Å². The molecule has 0 bridgehead atoms. The Kier molecular flexibility index (Phi) is 5.19. The van der Waals surface area contributed by atoms with Gasteiger partial charge in [0.25, 0.3) is 0 Å². The number of alkyl halides is 2. The standard InChI is InChI=1S/C12H11ClF3NO5S/c13-10-8(11(18)19)3-7(4-9(10)14)23(20,21)17-2-1-6(5-17)22-12(15)16/h3-4,6,12H,1-2,5H2,(H,18,19)/t6-/m0/s1. The van der Waals surface area contributed by atoms with Crippen LogP contribution >= 0.6 is 11.6 Å². The smallest absolute Gasteiger partial charge is 0.345 e. The number of nitrogens with zero attached hydrogens (tertiary/aromatic N) is 1. The van der Waals surface area contributed by atoms with E-state index >= 15 is 0 Å². The zero-order valence-corrected chi connectivity index (χ0v) is 13.0. The van der Waals surface area contributed by atoms with Crippen LogP contribution < -0.4 is 0 Å². The van der Waals surface area contributed by atoms with Crippen molar-refractivity contribution in [3.8, 4) is 0 Å². The van der Waals surface area contributed by atoms with Crippen molar-refractivity contribution in [1.29, 1.82) is 0 Å². The normalized spacial score (nSPS) is 19.4. The van der Waals surface area contributed by atoms with Crippen molar-refractivity contribution in [3.63, 3.8) is 0 Å². The van der Waals surface area contributed by atoms with E-state index in [1.54, 1.807) is 0 Å². The van der Waals surface area contributed by atoms with Crippen molar-refractivity contribution in [1.82, 2.24) is 4.31 Å². The molecule has 1 aromatic carbocycles. The Morgan fingerprint density at radius 1 is 1.43 bits per heavy atom. The second-order valence-electron chi connectivity index (χ2n) is 4.74. The van der Waals surface area contributed by atoms with Gasteiger partial charge < -0.3 is 9.84 Å². The van der Waals surface area contributed by atoms with Gasteiger partial charge in [-0.05, 0) is 18.6 Å². The van der Waals surface area contributed by atoms with Crippen LogP contribution in [0.5, 0.6) is 0 Å². The molecule has 0 aromatic heterocycles. The molecule has 1 aliphatic heterocycles. The summed E-state index contributed by atoms with van der Waals surface area (Å²) < 4.78 is 67.8. The zero-order chi connectivity index (χ0) is 17.4. The van der Waals surface area contributed by atoms with Crippen molar-refractivity contribution in [2.75, 3.05) is 13.1 Å². The van der Waals surface area contributed by atoms with Crippen LogP contribution in [0.3, 0.4) is 0 Å². The van der Waals surface area contributed by atoms with Crippen LogP contribution in [-0.2, 0) is 14.8 Å². The highest BCUT2D eigenvalue weighted by Crippen LogP contribution is 2.28. The molecule has 0 amide bonds. The first-order valence-electron chi connectivity index (χ1n) is 6.29. The van der Waals surface area contributed by atoms with Gasteiger partial charge in [0.1, 0.15) is 5.82 Å². The number of aromatic carboxylic acids is 1. The molecule has 0 spiro atoms. The molecule has 0 saturated carbocycles. The van der Waals surface area contributed by atoms with Gasteiger partial charge in [0.05, 0.1) is 21.6 Å². The van der Waals surface area contributed by atoms with Gasteiger partial charge in [0.2, 0.25) is 10.0 Å². The van der Waals surface area contributed by atoms with E-state index in [1.165, 1.54) is 0 Å². The first kappa shape index (κ1) is 18.0. The largest absolute Gasteiger partial charge is 0.478 e. The molecule has 0 unspecified atom stereocenters. The van der Waals surface area contributed by atoms with Crippen LogP contribution in [0.25, 0.3) is 0 Å². The fourth-order valence-corrected chi connectivity index (χ4v) is 3.91. The highest BCUT2D eigenvalue weighted by Gasteiger charge is 2.35. The van der Waals surface area contributed by atoms with Gasteiger partial charge in [0, 0.05) is 13.1 Å². The number of sulfonamides is 1. The van der Waals surface area contributed by atoms with Gasteiger partial charge in [0.15, 0.2) is 0 Å². The number of hydrogen-bond acceptors (Lipinski definition) is 4. The van der Waals surface area contributed by atoms with E-state index in [2.05, 4.69) is 4.74 Å². The quantitative estimate of drug-likeness (QED) is 0.855.